The number of piperazine rings is 1. The van der Waals surface area contributed by atoms with Gasteiger partial charge in [-0.15, -0.1) is 0 Å². The van der Waals surface area contributed by atoms with Crippen LogP contribution in [-0.2, 0) is 17.6 Å². The summed E-state index contributed by atoms with van der Waals surface area (Å²) in [6.07, 6.45) is 4.16. The Morgan fingerprint density at radius 3 is 2.75 bits per heavy atom. The maximum Gasteiger partial charge on any atom is 0.224 e. The van der Waals surface area contributed by atoms with E-state index in [1.54, 1.807) is 13.2 Å². The molecule has 32 heavy (non-hydrogen) atoms. The van der Waals surface area contributed by atoms with Crippen molar-refractivity contribution in [3.63, 3.8) is 0 Å². The van der Waals surface area contributed by atoms with Gasteiger partial charge in [0.05, 0.1) is 6.61 Å². The van der Waals surface area contributed by atoms with E-state index in [1.165, 1.54) is 11.1 Å². The van der Waals surface area contributed by atoms with Gasteiger partial charge in [-0.3, -0.25) is 9.79 Å². The molecule has 0 atom stereocenters. The molecule has 1 fully saturated rings. The molecule has 2 aromatic rings. The molecule has 2 aliphatic heterocycles. The number of carbonyl (C=O) groups excluding carboxylic acids is 1. The van der Waals surface area contributed by atoms with Gasteiger partial charge in [0.1, 0.15) is 11.6 Å². The Hall–Kier alpha value is -3.29. The van der Waals surface area contributed by atoms with Crippen LogP contribution < -0.4 is 20.3 Å². The van der Waals surface area contributed by atoms with Gasteiger partial charge in [0, 0.05) is 65.4 Å². The average Bonchev–Trinajstić information content (AvgIpc) is 3.31. The molecule has 8 heteroatoms. The number of ether oxygens (including phenoxy) is 1. The number of guanidine groups is 1. The van der Waals surface area contributed by atoms with Crippen LogP contribution in [-0.4, -0.2) is 74.7 Å². The lowest BCUT2D eigenvalue weighted by Crippen LogP contribution is -2.49. The molecule has 1 aromatic heterocycles. The fraction of sp³-hybridized carbons (Fsp3) is 0.458. The molecule has 8 nitrogen and oxygen atoms in total. The van der Waals surface area contributed by atoms with Crippen LogP contribution in [0.15, 0.2) is 47.6 Å². The molecule has 0 spiro atoms. The van der Waals surface area contributed by atoms with Crippen LogP contribution in [0.3, 0.4) is 0 Å². The number of hydrogen-bond acceptors (Lipinski definition) is 5. The molecule has 0 saturated carbocycles. The number of aromatic nitrogens is 1. The van der Waals surface area contributed by atoms with E-state index in [0.29, 0.717) is 13.0 Å². The Bertz CT molecular complexity index is 925. The maximum absolute atomic E-state index is 12.6. The van der Waals surface area contributed by atoms with Crippen LogP contribution in [0, 0.1) is 0 Å². The lowest BCUT2D eigenvalue weighted by atomic mass is 10.1. The molecule has 2 aliphatic rings. The number of carbonyl (C=O) groups is 1. The third-order valence-corrected chi connectivity index (χ3v) is 5.92. The van der Waals surface area contributed by atoms with Gasteiger partial charge in [-0.2, -0.15) is 0 Å². The molecule has 1 aromatic carbocycles. The summed E-state index contributed by atoms with van der Waals surface area (Å²) in [5.41, 5.74) is 2.58. The van der Waals surface area contributed by atoms with E-state index >= 15 is 0 Å². The summed E-state index contributed by atoms with van der Waals surface area (Å²) in [6.45, 7) is 5.22. The van der Waals surface area contributed by atoms with Gasteiger partial charge in [0.15, 0.2) is 5.96 Å². The number of hydrogen-bond donors (Lipinski definition) is 2. The van der Waals surface area contributed by atoms with E-state index in [0.717, 1.165) is 69.7 Å². The zero-order chi connectivity index (χ0) is 22.2. The second kappa shape index (κ2) is 10.8. The smallest absolute Gasteiger partial charge is 0.224 e. The van der Waals surface area contributed by atoms with Crippen molar-refractivity contribution in [2.45, 2.75) is 19.3 Å². The Morgan fingerprint density at radius 2 is 1.97 bits per heavy atom. The molecule has 3 heterocycles. The highest BCUT2D eigenvalue weighted by Crippen LogP contribution is 2.25. The Kier molecular flexibility index (Phi) is 7.42. The Morgan fingerprint density at radius 1 is 1.12 bits per heavy atom. The summed E-state index contributed by atoms with van der Waals surface area (Å²) < 4.78 is 5.57. The predicted octanol–water partition coefficient (Wildman–Crippen LogP) is 1.46. The second-order valence-corrected chi connectivity index (χ2v) is 8.02. The van der Waals surface area contributed by atoms with Gasteiger partial charge in [-0.05, 0) is 35.7 Å². The summed E-state index contributed by atoms with van der Waals surface area (Å²) in [5, 5.41) is 6.58. The van der Waals surface area contributed by atoms with Gasteiger partial charge in [-0.25, -0.2) is 4.98 Å². The van der Waals surface area contributed by atoms with E-state index in [2.05, 4.69) is 43.7 Å². The quantitative estimate of drug-likeness (QED) is 0.505. The minimum absolute atomic E-state index is 0.175. The second-order valence-electron chi connectivity index (χ2n) is 8.02. The van der Waals surface area contributed by atoms with Crippen molar-refractivity contribution in [3.8, 4) is 5.75 Å². The number of rotatable bonds is 7. The number of aliphatic imine (C=N–C) groups is 1. The largest absolute Gasteiger partial charge is 0.493 e. The van der Waals surface area contributed by atoms with Crippen molar-refractivity contribution in [2.24, 2.45) is 4.99 Å². The molecule has 1 amide bonds. The molecule has 0 radical (unpaired) electrons. The van der Waals surface area contributed by atoms with Crippen molar-refractivity contribution in [3.05, 3.63) is 53.7 Å². The predicted molar refractivity (Wildman–Crippen MR) is 126 cm³/mol. The van der Waals surface area contributed by atoms with Crippen molar-refractivity contribution < 1.29 is 9.53 Å². The number of anilines is 1. The third kappa shape index (κ3) is 5.69. The fourth-order valence-corrected chi connectivity index (χ4v) is 4.11. The average molecular weight is 437 g/mol. The minimum atomic E-state index is 0.175. The molecule has 0 aliphatic carbocycles. The summed E-state index contributed by atoms with van der Waals surface area (Å²) in [4.78, 5) is 25.4. The fourth-order valence-electron chi connectivity index (χ4n) is 4.11. The Balaban J connectivity index is 1.13. The SMILES string of the molecule is CN=C(NCCC(=O)N1CCN(c2ccccn2)CC1)NCCc1ccc2c(c1)CCO2. The van der Waals surface area contributed by atoms with Gasteiger partial charge in [0.2, 0.25) is 5.91 Å². The zero-order valence-corrected chi connectivity index (χ0v) is 18.7. The molecular formula is C24H32N6O2. The first-order valence-electron chi connectivity index (χ1n) is 11.4. The lowest BCUT2D eigenvalue weighted by Gasteiger charge is -2.35. The van der Waals surface area contributed by atoms with Crippen LogP contribution in [0.5, 0.6) is 5.75 Å². The highest BCUT2D eigenvalue weighted by atomic mass is 16.5. The number of nitrogens with zero attached hydrogens (tertiary/aromatic N) is 4. The minimum Gasteiger partial charge on any atom is -0.493 e. The summed E-state index contributed by atoms with van der Waals surface area (Å²) in [7, 11) is 1.75. The molecule has 170 valence electrons. The van der Waals surface area contributed by atoms with E-state index < -0.39 is 0 Å². The standard InChI is InChI=1S/C24H32N6O2/c1-25-24(27-11-7-19-5-6-21-20(18-19)9-17-32-21)28-12-8-23(31)30-15-13-29(14-16-30)22-4-2-3-10-26-22/h2-6,10,18H,7-9,11-17H2,1H3,(H2,25,27,28). The molecule has 0 unspecified atom stereocenters. The monoisotopic (exact) mass is 436 g/mol. The van der Waals surface area contributed by atoms with Crippen LogP contribution in [0.25, 0.3) is 0 Å². The van der Waals surface area contributed by atoms with Crippen molar-refractivity contribution in [1.29, 1.82) is 0 Å². The topological polar surface area (TPSA) is 82.1 Å². The summed E-state index contributed by atoms with van der Waals surface area (Å²) >= 11 is 0. The van der Waals surface area contributed by atoms with Gasteiger partial charge in [0.25, 0.3) is 0 Å². The van der Waals surface area contributed by atoms with Crippen molar-refractivity contribution >= 4 is 17.7 Å². The number of nitrogens with one attached hydrogen (secondary N) is 2. The number of pyridine rings is 1. The highest BCUT2D eigenvalue weighted by Gasteiger charge is 2.21. The summed E-state index contributed by atoms with van der Waals surface area (Å²) in [5.74, 6) is 2.89. The number of amides is 1. The first-order chi connectivity index (χ1) is 15.7. The van der Waals surface area contributed by atoms with Gasteiger partial charge in [-0.1, -0.05) is 18.2 Å². The van der Waals surface area contributed by atoms with E-state index in [1.807, 2.05) is 23.1 Å². The third-order valence-electron chi connectivity index (χ3n) is 5.92. The van der Waals surface area contributed by atoms with E-state index in [9.17, 15) is 4.79 Å². The Labute approximate surface area is 189 Å². The number of fused-ring (bicyclic) bond motifs is 1. The van der Waals surface area contributed by atoms with Crippen molar-refractivity contribution in [2.75, 3.05) is 57.8 Å². The van der Waals surface area contributed by atoms with Gasteiger partial charge >= 0.3 is 0 Å². The van der Waals surface area contributed by atoms with E-state index in [4.69, 9.17) is 4.74 Å². The lowest BCUT2D eigenvalue weighted by molar-refractivity contribution is -0.131. The van der Waals surface area contributed by atoms with E-state index in [-0.39, 0.29) is 5.91 Å². The number of benzene rings is 1. The van der Waals surface area contributed by atoms with Crippen LogP contribution in [0.1, 0.15) is 17.5 Å². The molecule has 1 saturated heterocycles. The highest BCUT2D eigenvalue weighted by molar-refractivity contribution is 5.81. The molecule has 0 bridgehead atoms. The van der Waals surface area contributed by atoms with Crippen molar-refractivity contribution in [1.82, 2.24) is 20.5 Å². The molecular weight excluding hydrogens is 404 g/mol. The van der Waals surface area contributed by atoms with Crippen LogP contribution in [0.4, 0.5) is 5.82 Å². The first-order valence-corrected chi connectivity index (χ1v) is 11.4. The van der Waals surface area contributed by atoms with Crippen LogP contribution >= 0.6 is 0 Å². The summed E-state index contributed by atoms with van der Waals surface area (Å²) in [6, 6.07) is 12.3. The molecule has 2 N–H and O–H groups in total. The van der Waals surface area contributed by atoms with Gasteiger partial charge < -0.3 is 25.2 Å². The zero-order valence-electron chi connectivity index (χ0n) is 18.7. The first kappa shape index (κ1) is 21.9. The molecule has 4 rings (SSSR count). The maximum atomic E-state index is 12.6. The normalized spacial score (nSPS) is 15.8. The van der Waals surface area contributed by atoms with Crippen LogP contribution in [0.2, 0.25) is 0 Å².